The molecule has 0 spiro atoms. The van der Waals surface area contributed by atoms with Gasteiger partial charge in [-0.3, -0.25) is 0 Å². The second-order valence-electron chi connectivity index (χ2n) is 5.21. The zero-order valence-corrected chi connectivity index (χ0v) is 12.6. The monoisotopic (exact) mass is 285 g/mol. The molecule has 4 heteroatoms. The lowest BCUT2D eigenvalue weighted by Gasteiger charge is -2.20. The Hall–Kier alpha value is -1.00. The third kappa shape index (κ3) is 5.97. The van der Waals surface area contributed by atoms with E-state index in [0.29, 0.717) is 12.0 Å². The fourth-order valence-electron chi connectivity index (χ4n) is 2.14. The Morgan fingerprint density at radius 2 is 2.00 bits per heavy atom. The third-order valence-corrected chi connectivity index (χ3v) is 3.48. The van der Waals surface area contributed by atoms with E-state index in [1.165, 1.54) is 12.1 Å². The van der Waals surface area contributed by atoms with Gasteiger partial charge in [0.2, 0.25) is 0 Å². The van der Waals surface area contributed by atoms with Gasteiger partial charge in [-0.2, -0.15) is 0 Å². The second kappa shape index (κ2) is 9.03. The fraction of sp³-hybridized carbons (Fsp3) is 0.625. The van der Waals surface area contributed by atoms with Gasteiger partial charge in [0.05, 0.1) is 6.10 Å². The molecule has 0 bridgehead atoms. The molecule has 0 saturated carbocycles. The van der Waals surface area contributed by atoms with Crippen LogP contribution in [0.2, 0.25) is 0 Å². The predicted molar refractivity (Wildman–Crippen MR) is 77.8 cm³/mol. The van der Waals surface area contributed by atoms with Crippen LogP contribution >= 0.6 is 0 Å². The first-order valence-corrected chi connectivity index (χ1v) is 7.26. The third-order valence-electron chi connectivity index (χ3n) is 3.48. The summed E-state index contributed by atoms with van der Waals surface area (Å²) in [5.41, 5.74) is 0.434. The average molecular weight is 285 g/mol. The van der Waals surface area contributed by atoms with Crippen molar-refractivity contribution in [3.05, 3.63) is 35.4 Å². The summed E-state index contributed by atoms with van der Waals surface area (Å²) in [5, 5.41) is 3.40. The minimum Gasteiger partial charge on any atom is -0.382 e. The molecule has 0 aliphatic carbocycles. The van der Waals surface area contributed by atoms with Crippen LogP contribution < -0.4 is 5.32 Å². The molecule has 2 atom stereocenters. The second-order valence-corrected chi connectivity index (χ2v) is 5.21. The van der Waals surface area contributed by atoms with E-state index in [9.17, 15) is 8.78 Å². The molecule has 1 aromatic rings. The molecule has 114 valence electrons. The van der Waals surface area contributed by atoms with Crippen molar-refractivity contribution >= 4 is 0 Å². The Labute approximate surface area is 120 Å². The van der Waals surface area contributed by atoms with Crippen LogP contribution in [0, 0.1) is 11.6 Å². The fourth-order valence-corrected chi connectivity index (χ4v) is 2.14. The number of benzene rings is 1. The molecule has 0 heterocycles. The number of hydrogen-bond acceptors (Lipinski definition) is 2. The lowest BCUT2D eigenvalue weighted by atomic mass is 9.99. The highest BCUT2D eigenvalue weighted by molar-refractivity contribution is 5.19. The van der Waals surface area contributed by atoms with E-state index in [2.05, 4.69) is 12.2 Å². The number of methoxy groups -OCH3 is 1. The lowest BCUT2D eigenvalue weighted by molar-refractivity contribution is 0.106. The van der Waals surface area contributed by atoms with Crippen LogP contribution in [0.25, 0.3) is 0 Å². The molecule has 0 aliphatic rings. The zero-order valence-electron chi connectivity index (χ0n) is 12.6. The Bertz CT molecular complexity index is 398. The Balaban J connectivity index is 2.65. The standard InChI is InChI=1S/C16H25F2NO/c1-4-9-19-15(7-5-12(2)20-3)11-13-10-14(17)6-8-16(13)18/h6,8,10,12,15,19H,4-5,7,9,11H2,1-3H3. The SMILES string of the molecule is CCCNC(CCC(C)OC)Cc1cc(F)ccc1F. The minimum absolute atomic E-state index is 0.142. The number of nitrogens with one attached hydrogen (secondary N) is 1. The first-order chi connectivity index (χ1) is 9.56. The summed E-state index contributed by atoms with van der Waals surface area (Å²) in [6.45, 7) is 4.98. The molecule has 2 nitrogen and oxygen atoms in total. The largest absolute Gasteiger partial charge is 0.382 e. The van der Waals surface area contributed by atoms with Crippen LogP contribution in [-0.2, 0) is 11.2 Å². The molecule has 0 fully saturated rings. The highest BCUT2D eigenvalue weighted by atomic mass is 19.1. The van der Waals surface area contributed by atoms with Crippen molar-refractivity contribution in [1.82, 2.24) is 5.32 Å². The Morgan fingerprint density at radius 3 is 2.65 bits per heavy atom. The van der Waals surface area contributed by atoms with Gasteiger partial charge >= 0.3 is 0 Å². The summed E-state index contributed by atoms with van der Waals surface area (Å²) in [6.07, 6.45) is 3.47. The molecule has 0 radical (unpaired) electrons. The summed E-state index contributed by atoms with van der Waals surface area (Å²) >= 11 is 0. The van der Waals surface area contributed by atoms with Crippen LogP contribution in [0.15, 0.2) is 18.2 Å². The molecule has 0 saturated heterocycles. The van der Waals surface area contributed by atoms with E-state index in [0.717, 1.165) is 31.9 Å². The summed E-state index contributed by atoms with van der Waals surface area (Å²) in [6, 6.07) is 3.78. The highest BCUT2D eigenvalue weighted by Gasteiger charge is 2.14. The first-order valence-electron chi connectivity index (χ1n) is 7.26. The van der Waals surface area contributed by atoms with Crippen molar-refractivity contribution in [1.29, 1.82) is 0 Å². The van der Waals surface area contributed by atoms with Gasteiger partial charge in [0.25, 0.3) is 0 Å². The molecule has 2 unspecified atom stereocenters. The molecule has 0 aliphatic heterocycles. The summed E-state index contributed by atoms with van der Waals surface area (Å²) in [5.74, 6) is -0.726. The summed E-state index contributed by atoms with van der Waals surface area (Å²) in [4.78, 5) is 0. The summed E-state index contributed by atoms with van der Waals surface area (Å²) < 4.78 is 32.1. The van der Waals surface area contributed by atoms with Crippen LogP contribution in [0.1, 0.15) is 38.7 Å². The first kappa shape index (κ1) is 17.1. The molecular weight excluding hydrogens is 260 g/mol. The molecule has 20 heavy (non-hydrogen) atoms. The van der Waals surface area contributed by atoms with Gasteiger partial charge in [-0.1, -0.05) is 6.92 Å². The van der Waals surface area contributed by atoms with Gasteiger partial charge in [0.1, 0.15) is 11.6 Å². The van der Waals surface area contributed by atoms with Crippen LogP contribution in [-0.4, -0.2) is 25.8 Å². The maximum absolute atomic E-state index is 13.7. The maximum Gasteiger partial charge on any atom is 0.126 e. The number of halogens is 2. The van der Waals surface area contributed by atoms with Gasteiger partial charge in [-0.05, 0) is 62.9 Å². The normalized spacial score (nSPS) is 14.2. The molecule has 1 rings (SSSR count). The average Bonchev–Trinajstić information content (AvgIpc) is 2.45. The van der Waals surface area contributed by atoms with Gasteiger partial charge in [0, 0.05) is 13.2 Å². The smallest absolute Gasteiger partial charge is 0.126 e. The Morgan fingerprint density at radius 1 is 1.25 bits per heavy atom. The van der Waals surface area contributed by atoms with Crippen molar-refractivity contribution in [3.63, 3.8) is 0 Å². The lowest BCUT2D eigenvalue weighted by Crippen LogP contribution is -2.33. The van der Waals surface area contributed by atoms with Gasteiger partial charge in [-0.25, -0.2) is 8.78 Å². The molecular formula is C16H25F2NO. The molecule has 1 aromatic carbocycles. The maximum atomic E-state index is 13.7. The van der Waals surface area contributed by atoms with Gasteiger partial charge in [-0.15, -0.1) is 0 Å². The van der Waals surface area contributed by atoms with Gasteiger partial charge < -0.3 is 10.1 Å². The van der Waals surface area contributed by atoms with Crippen LogP contribution in [0.3, 0.4) is 0 Å². The minimum atomic E-state index is -0.388. The van der Waals surface area contributed by atoms with E-state index in [1.54, 1.807) is 7.11 Å². The van der Waals surface area contributed by atoms with E-state index < -0.39 is 0 Å². The Kier molecular flexibility index (Phi) is 7.70. The topological polar surface area (TPSA) is 21.3 Å². The zero-order chi connectivity index (χ0) is 15.0. The summed E-state index contributed by atoms with van der Waals surface area (Å²) in [7, 11) is 1.69. The van der Waals surface area contributed by atoms with Crippen molar-refractivity contribution in [2.75, 3.05) is 13.7 Å². The van der Waals surface area contributed by atoms with Crippen LogP contribution in [0.4, 0.5) is 8.78 Å². The van der Waals surface area contributed by atoms with Crippen molar-refractivity contribution in [2.24, 2.45) is 0 Å². The van der Waals surface area contributed by atoms with Crippen LogP contribution in [0.5, 0.6) is 0 Å². The quantitative estimate of drug-likeness (QED) is 0.747. The molecule has 0 aromatic heterocycles. The van der Waals surface area contributed by atoms with Crippen molar-refractivity contribution in [3.8, 4) is 0 Å². The number of rotatable bonds is 9. The van der Waals surface area contributed by atoms with Crippen molar-refractivity contribution < 1.29 is 13.5 Å². The highest BCUT2D eigenvalue weighted by Crippen LogP contribution is 2.15. The van der Waals surface area contributed by atoms with E-state index in [4.69, 9.17) is 4.74 Å². The predicted octanol–water partition coefficient (Wildman–Crippen LogP) is 3.69. The van der Waals surface area contributed by atoms with Gasteiger partial charge in [0.15, 0.2) is 0 Å². The molecule has 0 amide bonds. The number of hydrogen-bond donors (Lipinski definition) is 1. The molecule has 1 N–H and O–H groups in total. The van der Waals surface area contributed by atoms with Crippen molar-refractivity contribution in [2.45, 2.75) is 51.7 Å². The van der Waals surface area contributed by atoms with E-state index >= 15 is 0 Å². The van der Waals surface area contributed by atoms with E-state index in [1.807, 2.05) is 6.92 Å². The van der Waals surface area contributed by atoms with E-state index in [-0.39, 0.29) is 23.8 Å². The number of ether oxygens (including phenoxy) is 1.